The van der Waals surface area contributed by atoms with Gasteiger partial charge in [-0.3, -0.25) is 9.48 Å². The van der Waals surface area contributed by atoms with Gasteiger partial charge in [0.2, 0.25) is 11.8 Å². The number of ether oxygens (including phenoxy) is 1. The lowest BCUT2D eigenvalue weighted by atomic mass is 10.3. The zero-order valence-electron chi connectivity index (χ0n) is 13.6. The number of aromatic nitrogens is 5. The Labute approximate surface area is 139 Å². The second kappa shape index (κ2) is 6.53. The van der Waals surface area contributed by atoms with Crippen LogP contribution in [0.25, 0.3) is 16.8 Å². The lowest BCUT2D eigenvalue weighted by Crippen LogP contribution is -2.29. The summed E-state index contributed by atoms with van der Waals surface area (Å²) in [6, 6.07) is 1.83. The van der Waals surface area contributed by atoms with Crippen molar-refractivity contribution in [3.63, 3.8) is 0 Å². The fraction of sp³-hybridized carbons (Fsp3) is 0.250. The molecule has 24 heavy (non-hydrogen) atoms. The van der Waals surface area contributed by atoms with Gasteiger partial charge in [-0.15, -0.1) is 0 Å². The van der Waals surface area contributed by atoms with Gasteiger partial charge in [-0.25, -0.2) is 9.50 Å². The number of carbonyl (C=O) groups is 1. The van der Waals surface area contributed by atoms with Gasteiger partial charge in [-0.05, 0) is 12.1 Å². The molecule has 0 unspecified atom stereocenters. The molecule has 0 saturated heterocycles. The van der Waals surface area contributed by atoms with Gasteiger partial charge in [0.25, 0.3) is 0 Å². The Hall–Kier alpha value is -3.16. The van der Waals surface area contributed by atoms with Crippen LogP contribution >= 0.6 is 0 Å². The topological polar surface area (TPSA) is 77.6 Å². The number of hydrogen-bond acceptors (Lipinski definition) is 5. The molecule has 0 bridgehead atoms. The van der Waals surface area contributed by atoms with Crippen LogP contribution < -0.4 is 4.74 Å². The Morgan fingerprint density at radius 3 is 2.96 bits per heavy atom. The molecule has 0 radical (unpaired) electrons. The number of likely N-dealkylation sites (N-methyl/N-ethyl adjacent to an activating group) is 1. The summed E-state index contributed by atoms with van der Waals surface area (Å²) in [6.45, 7) is 4.22. The molecule has 124 valence electrons. The van der Waals surface area contributed by atoms with E-state index in [2.05, 4.69) is 21.8 Å². The van der Waals surface area contributed by atoms with Crippen molar-refractivity contribution in [3.8, 4) is 17.1 Å². The highest BCUT2D eigenvalue weighted by Crippen LogP contribution is 2.23. The highest BCUT2D eigenvalue weighted by atomic mass is 16.5. The predicted octanol–water partition coefficient (Wildman–Crippen LogP) is 1.15. The van der Waals surface area contributed by atoms with Gasteiger partial charge in [0, 0.05) is 25.9 Å². The Morgan fingerprint density at radius 2 is 2.25 bits per heavy atom. The quantitative estimate of drug-likeness (QED) is 0.635. The number of nitrogens with zero attached hydrogens (tertiary/aromatic N) is 6. The zero-order valence-corrected chi connectivity index (χ0v) is 13.6. The first kappa shape index (κ1) is 15.7. The molecule has 3 rings (SSSR count). The van der Waals surface area contributed by atoms with E-state index in [9.17, 15) is 4.79 Å². The molecular formula is C16H18N6O2. The maximum Gasteiger partial charge on any atom is 0.245 e. The molecule has 0 N–H and O–H groups in total. The molecule has 0 aliphatic rings. The molecule has 8 nitrogen and oxygen atoms in total. The molecule has 1 amide bonds. The molecule has 3 heterocycles. The first-order valence-electron chi connectivity index (χ1n) is 7.42. The van der Waals surface area contributed by atoms with Crippen LogP contribution in [0.4, 0.5) is 0 Å². The second-order valence-electron chi connectivity index (χ2n) is 5.31. The van der Waals surface area contributed by atoms with E-state index in [-0.39, 0.29) is 5.91 Å². The average molecular weight is 326 g/mol. The largest absolute Gasteiger partial charge is 0.474 e. The van der Waals surface area contributed by atoms with E-state index >= 15 is 0 Å². The SMILES string of the molecule is C=CC(=O)N(C)CCOc1nc(-c2cnn(C)c2)cn2nccc12. The minimum absolute atomic E-state index is 0.148. The fourth-order valence-corrected chi connectivity index (χ4v) is 2.24. The summed E-state index contributed by atoms with van der Waals surface area (Å²) in [4.78, 5) is 17.6. The van der Waals surface area contributed by atoms with Crippen molar-refractivity contribution in [2.75, 3.05) is 20.2 Å². The number of amides is 1. The first-order valence-corrected chi connectivity index (χ1v) is 7.42. The highest BCUT2D eigenvalue weighted by Gasteiger charge is 2.12. The Bertz CT molecular complexity index is 882. The summed E-state index contributed by atoms with van der Waals surface area (Å²) in [5, 5.41) is 8.41. The predicted molar refractivity (Wildman–Crippen MR) is 88.5 cm³/mol. The van der Waals surface area contributed by atoms with Gasteiger partial charge in [0.05, 0.1) is 30.8 Å². The molecule has 0 fully saturated rings. The third kappa shape index (κ3) is 3.12. The highest BCUT2D eigenvalue weighted by molar-refractivity contribution is 5.86. The van der Waals surface area contributed by atoms with E-state index in [1.165, 1.54) is 11.0 Å². The lowest BCUT2D eigenvalue weighted by Gasteiger charge is -2.15. The standard InChI is InChI=1S/C16H18N6O2/c1-4-15(23)20(2)7-8-24-16-14-5-6-17-22(14)11-13(19-16)12-9-18-21(3)10-12/h4-6,9-11H,1,7-8H2,2-3H3. The van der Waals surface area contributed by atoms with Crippen LogP contribution in [-0.2, 0) is 11.8 Å². The number of rotatable bonds is 6. The number of aryl methyl sites for hydroxylation is 1. The van der Waals surface area contributed by atoms with Gasteiger partial charge in [0.15, 0.2) is 0 Å². The minimum Gasteiger partial charge on any atom is -0.474 e. The Balaban J connectivity index is 1.82. The Kier molecular flexibility index (Phi) is 4.28. The molecule has 0 atom stereocenters. The average Bonchev–Trinajstić information content (AvgIpc) is 3.22. The molecule has 0 aliphatic carbocycles. The van der Waals surface area contributed by atoms with Gasteiger partial charge in [-0.1, -0.05) is 6.58 Å². The smallest absolute Gasteiger partial charge is 0.245 e. The normalized spacial score (nSPS) is 10.8. The van der Waals surface area contributed by atoms with Crippen molar-refractivity contribution in [1.29, 1.82) is 0 Å². The lowest BCUT2D eigenvalue weighted by molar-refractivity contribution is -0.125. The van der Waals surface area contributed by atoms with Crippen molar-refractivity contribution >= 4 is 11.4 Å². The van der Waals surface area contributed by atoms with Crippen LogP contribution in [0.1, 0.15) is 0 Å². The molecular weight excluding hydrogens is 308 g/mol. The van der Waals surface area contributed by atoms with Gasteiger partial charge in [0.1, 0.15) is 12.1 Å². The van der Waals surface area contributed by atoms with E-state index in [0.717, 1.165) is 11.1 Å². The molecule has 0 spiro atoms. The van der Waals surface area contributed by atoms with E-state index < -0.39 is 0 Å². The van der Waals surface area contributed by atoms with Crippen LogP contribution in [0.5, 0.6) is 5.88 Å². The van der Waals surface area contributed by atoms with Crippen LogP contribution in [0, 0.1) is 0 Å². The minimum atomic E-state index is -0.148. The van der Waals surface area contributed by atoms with Gasteiger partial charge < -0.3 is 9.64 Å². The molecule has 3 aromatic heterocycles. The van der Waals surface area contributed by atoms with E-state index in [0.29, 0.717) is 24.7 Å². The van der Waals surface area contributed by atoms with Crippen molar-refractivity contribution in [2.24, 2.45) is 7.05 Å². The number of carbonyl (C=O) groups excluding carboxylic acids is 1. The van der Waals surface area contributed by atoms with Crippen molar-refractivity contribution in [3.05, 3.63) is 43.5 Å². The molecule has 8 heteroatoms. The summed E-state index contributed by atoms with van der Waals surface area (Å²) in [5.74, 6) is 0.318. The summed E-state index contributed by atoms with van der Waals surface area (Å²) in [5.41, 5.74) is 2.35. The molecule has 0 saturated carbocycles. The van der Waals surface area contributed by atoms with Gasteiger partial charge >= 0.3 is 0 Å². The number of hydrogen-bond donors (Lipinski definition) is 0. The zero-order chi connectivity index (χ0) is 17.1. The molecule has 0 aliphatic heterocycles. The molecule has 0 aromatic carbocycles. The number of fused-ring (bicyclic) bond motifs is 1. The van der Waals surface area contributed by atoms with Crippen LogP contribution in [-0.4, -0.2) is 55.4 Å². The van der Waals surface area contributed by atoms with E-state index in [1.54, 1.807) is 28.6 Å². The summed E-state index contributed by atoms with van der Waals surface area (Å²) in [7, 11) is 3.54. The van der Waals surface area contributed by atoms with Crippen molar-refractivity contribution in [2.45, 2.75) is 0 Å². The third-order valence-corrected chi connectivity index (χ3v) is 3.57. The summed E-state index contributed by atoms with van der Waals surface area (Å²) >= 11 is 0. The fourth-order valence-electron chi connectivity index (χ4n) is 2.24. The van der Waals surface area contributed by atoms with Crippen LogP contribution in [0.3, 0.4) is 0 Å². The maximum atomic E-state index is 11.5. The van der Waals surface area contributed by atoms with Crippen molar-refractivity contribution in [1.82, 2.24) is 29.3 Å². The summed E-state index contributed by atoms with van der Waals surface area (Å²) in [6.07, 6.45) is 8.39. The van der Waals surface area contributed by atoms with Crippen molar-refractivity contribution < 1.29 is 9.53 Å². The van der Waals surface area contributed by atoms with Gasteiger partial charge in [-0.2, -0.15) is 10.2 Å². The van der Waals surface area contributed by atoms with E-state index in [1.807, 2.05) is 25.5 Å². The molecule has 3 aromatic rings. The third-order valence-electron chi connectivity index (χ3n) is 3.57. The monoisotopic (exact) mass is 326 g/mol. The second-order valence-corrected chi connectivity index (χ2v) is 5.31. The first-order chi connectivity index (χ1) is 11.6. The van der Waals surface area contributed by atoms with Crippen LogP contribution in [0.15, 0.2) is 43.5 Å². The summed E-state index contributed by atoms with van der Waals surface area (Å²) < 4.78 is 9.21. The van der Waals surface area contributed by atoms with E-state index in [4.69, 9.17) is 4.74 Å². The van der Waals surface area contributed by atoms with Crippen LogP contribution in [0.2, 0.25) is 0 Å². The Morgan fingerprint density at radius 1 is 1.42 bits per heavy atom. The maximum absolute atomic E-state index is 11.5.